The molecule has 3 aromatic heterocycles. The average Bonchev–Trinajstić information content (AvgIpc) is 3.12. The topological polar surface area (TPSA) is 111 Å². The van der Waals surface area contributed by atoms with Gasteiger partial charge in [-0.2, -0.15) is 5.10 Å². The number of allylic oxidation sites excluding steroid dienone is 2. The van der Waals surface area contributed by atoms with Gasteiger partial charge in [0.1, 0.15) is 17.3 Å². The molecule has 0 atom stereocenters. The summed E-state index contributed by atoms with van der Waals surface area (Å²) in [6, 6.07) is 1.13. The number of hydrogen-bond donors (Lipinski definition) is 2. The lowest BCUT2D eigenvalue weighted by Gasteiger charge is -2.14. The first-order chi connectivity index (χ1) is 13.3. The molecule has 0 aromatic carbocycles. The molecule has 0 aliphatic heterocycles. The zero-order valence-corrected chi connectivity index (χ0v) is 18.5. The molecule has 8 nitrogen and oxygen atoms in total. The number of fused-ring (bicyclic) bond motifs is 3. The molecule has 3 N–H and O–H groups in total. The number of hydrogen-bond acceptors (Lipinski definition) is 7. The van der Waals surface area contributed by atoms with E-state index >= 15 is 0 Å². The lowest BCUT2D eigenvalue weighted by molar-refractivity contribution is 0.156. The molecular weight excluding hydrogens is 392 g/mol. The van der Waals surface area contributed by atoms with Gasteiger partial charge < -0.3 is 15.0 Å². The van der Waals surface area contributed by atoms with Gasteiger partial charge in [0.2, 0.25) is 0 Å². The molecule has 150 valence electrons. The van der Waals surface area contributed by atoms with Crippen LogP contribution in [0.5, 0.6) is 0 Å². The van der Waals surface area contributed by atoms with Crippen LogP contribution < -0.4 is 11.3 Å². The van der Waals surface area contributed by atoms with Gasteiger partial charge in [0.05, 0.1) is 10.9 Å². The Labute approximate surface area is 168 Å². The van der Waals surface area contributed by atoms with Crippen LogP contribution in [0, 0.1) is 0 Å². The van der Waals surface area contributed by atoms with Crippen LogP contribution in [0.4, 0.5) is 0 Å². The minimum absolute atomic E-state index is 0.213. The Morgan fingerprint density at radius 2 is 2.25 bits per heavy atom. The van der Waals surface area contributed by atoms with E-state index in [2.05, 4.69) is 39.8 Å². The highest BCUT2D eigenvalue weighted by atomic mass is 32.1. The van der Waals surface area contributed by atoms with Crippen molar-refractivity contribution >= 4 is 46.9 Å². The van der Waals surface area contributed by atoms with E-state index < -0.39 is 8.07 Å². The lowest BCUT2D eigenvalue weighted by atomic mass is 10.3. The number of nitrogens with one attached hydrogen (secondary N) is 1. The van der Waals surface area contributed by atoms with Crippen molar-refractivity contribution in [1.82, 2.24) is 19.7 Å². The maximum absolute atomic E-state index is 12.0. The monoisotopic (exact) mass is 418 g/mol. The molecule has 0 bridgehead atoms. The van der Waals surface area contributed by atoms with Gasteiger partial charge in [0.15, 0.2) is 5.65 Å². The van der Waals surface area contributed by atoms with Crippen molar-refractivity contribution in [2.24, 2.45) is 17.8 Å². The van der Waals surface area contributed by atoms with Crippen molar-refractivity contribution in [2.75, 3.05) is 13.3 Å². The van der Waals surface area contributed by atoms with E-state index in [1.165, 1.54) is 11.3 Å². The normalized spacial score (nSPS) is 13.4. The second-order valence-corrected chi connectivity index (χ2v) is 14.6. The van der Waals surface area contributed by atoms with Gasteiger partial charge in [0.25, 0.3) is 5.56 Å². The number of ether oxygens (including phenoxy) is 1. The second kappa shape index (κ2) is 8.37. The summed E-state index contributed by atoms with van der Waals surface area (Å²) in [5, 5.41) is 8.05. The Bertz CT molecular complexity index is 1090. The van der Waals surface area contributed by atoms with Crippen LogP contribution in [-0.4, -0.2) is 47.4 Å². The number of aryl methyl sites for hydroxylation is 1. The Morgan fingerprint density at radius 1 is 1.46 bits per heavy atom. The molecular formula is C18H26N6O2SSi. The molecule has 0 aliphatic rings. The summed E-state index contributed by atoms with van der Waals surface area (Å²) in [5.74, 6) is 0. The van der Waals surface area contributed by atoms with Crippen LogP contribution in [0.15, 0.2) is 27.8 Å². The van der Waals surface area contributed by atoms with E-state index in [-0.39, 0.29) is 5.56 Å². The van der Waals surface area contributed by atoms with Crippen LogP contribution >= 0.6 is 11.3 Å². The van der Waals surface area contributed by atoms with Crippen molar-refractivity contribution in [1.29, 1.82) is 0 Å². The number of aromatic nitrogens is 4. The van der Waals surface area contributed by atoms with Crippen LogP contribution in [-0.2, 0) is 18.2 Å². The molecule has 28 heavy (non-hydrogen) atoms. The molecule has 10 heteroatoms. The maximum Gasteiger partial charge on any atom is 0.288 e. The summed E-state index contributed by atoms with van der Waals surface area (Å²) in [7, 11) is 0.772. The van der Waals surface area contributed by atoms with Crippen molar-refractivity contribution in [2.45, 2.75) is 32.1 Å². The first kappa shape index (κ1) is 20.4. The quantitative estimate of drug-likeness (QED) is 0.332. The summed E-state index contributed by atoms with van der Waals surface area (Å²) < 4.78 is 8.27. The fraction of sp³-hybridized carbons (Fsp3) is 0.444. The molecule has 3 aromatic rings. The Hall–Kier alpha value is -2.30. The van der Waals surface area contributed by atoms with Crippen molar-refractivity contribution in [3.8, 4) is 0 Å². The summed E-state index contributed by atoms with van der Waals surface area (Å²) >= 11 is 1.53. The second-order valence-electron chi connectivity index (χ2n) is 7.88. The van der Waals surface area contributed by atoms with Gasteiger partial charge in [-0.1, -0.05) is 19.6 Å². The highest BCUT2D eigenvalue weighted by molar-refractivity contribution is 7.19. The van der Waals surface area contributed by atoms with E-state index in [1.807, 2.05) is 7.05 Å². The summed E-state index contributed by atoms with van der Waals surface area (Å²) in [5.41, 5.74) is 7.91. The molecule has 3 rings (SSSR count). The van der Waals surface area contributed by atoms with E-state index in [1.54, 1.807) is 23.1 Å². The Kier molecular flexibility index (Phi) is 6.11. The predicted molar refractivity (Wildman–Crippen MR) is 118 cm³/mol. The fourth-order valence-electron chi connectivity index (χ4n) is 2.75. The molecule has 0 saturated carbocycles. The molecule has 0 unspecified atom stereocenters. The number of nitrogens with zero attached hydrogens (tertiary/aromatic N) is 4. The van der Waals surface area contributed by atoms with Gasteiger partial charge in [-0.05, 0) is 12.1 Å². The number of rotatable bonds is 8. The van der Waals surface area contributed by atoms with Gasteiger partial charge >= 0.3 is 0 Å². The first-order valence-electron chi connectivity index (χ1n) is 9.10. The molecule has 0 spiro atoms. The molecule has 0 saturated heterocycles. The molecule has 0 aliphatic carbocycles. The SMILES string of the molecule is Cn1c2nc(CC(N)=CC=NCOCC[Si](C)(C)C)sc2c2cn[nH]c(=O)c21. The minimum Gasteiger partial charge on any atom is -0.402 e. The van der Waals surface area contributed by atoms with Crippen LogP contribution in [0.2, 0.25) is 25.7 Å². The number of aromatic amines is 1. The highest BCUT2D eigenvalue weighted by Gasteiger charge is 2.16. The third-order valence-corrected chi connectivity index (χ3v) is 7.07. The first-order valence-corrected chi connectivity index (χ1v) is 13.6. The van der Waals surface area contributed by atoms with Crippen molar-refractivity contribution in [3.05, 3.63) is 33.3 Å². The molecule has 0 radical (unpaired) electrons. The van der Waals surface area contributed by atoms with E-state index in [0.29, 0.717) is 24.4 Å². The minimum atomic E-state index is -1.06. The zero-order valence-electron chi connectivity index (χ0n) is 16.7. The third-order valence-electron chi connectivity index (χ3n) is 4.29. The van der Waals surface area contributed by atoms with E-state index in [0.717, 1.165) is 33.4 Å². The van der Waals surface area contributed by atoms with E-state index in [4.69, 9.17) is 10.5 Å². The van der Waals surface area contributed by atoms with Crippen LogP contribution in [0.3, 0.4) is 0 Å². The maximum atomic E-state index is 12.0. The average molecular weight is 419 g/mol. The van der Waals surface area contributed by atoms with Crippen molar-refractivity contribution < 1.29 is 4.74 Å². The number of thiazole rings is 1. The number of H-pyrrole nitrogens is 1. The van der Waals surface area contributed by atoms with Crippen LogP contribution in [0.1, 0.15) is 5.01 Å². The third kappa shape index (κ3) is 4.75. The fourth-order valence-corrected chi connectivity index (χ4v) is 4.65. The largest absolute Gasteiger partial charge is 0.402 e. The zero-order chi connectivity index (χ0) is 20.3. The summed E-state index contributed by atoms with van der Waals surface area (Å²) in [4.78, 5) is 20.8. The van der Waals surface area contributed by atoms with Crippen molar-refractivity contribution in [3.63, 3.8) is 0 Å². The smallest absolute Gasteiger partial charge is 0.288 e. The Morgan fingerprint density at radius 3 is 3.00 bits per heavy atom. The summed E-state index contributed by atoms with van der Waals surface area (Å²) in [6.45, 7) is 8.07. The van der Waals surface area contributed by atoms with E-state index in [9.17, 15) is 4.79 Å². The molecule has 3 heterocycles. The lowest BCUT2D eigenvalue weighted by Crippen LogP contribution is -2.21. The standard InChI is InChI=1S/C18H26N6O2SSi/c1-24-15-13(10-21-23-18(15)25)16-17(24)22-14(27-16)9-12(19)5-6-20-11-26-7-8-28(2,3)4/h5-6,10H,7-9,11,19H2,1-4H3,(H,23,25). The van der Waals surface area contributed by atoms with Gasteiger partial charge in [0, 0.05) is 45.4 Å². The van der Waals surface area contributed by atoms with Crippen LogP contribution in [0.25, 0.3) is 21.3 Å². The van der Waals surface area contributed by atoms with Gasteiger partial charge in [-0.15, -0.1) is 11.3 Å². The number of nitrogens with two attached hydrogens (primary N) is 1. The number of aliphatic imine (C=N–C) groups is 1. The van der Waals surface area contributed by atoms with Gasteiger partial charge in [-0.3, -0.25) is 9.79 Å². The molecule has 0 fully saturated rings. The van der Waals surface area contributed by atoms with Gasteiger partial charge in [-0.25, -0.2) is 10.1 Å². The summed E-state index contributed by atoms with van der Waals surface area (Å²) in [6.07, 6.45) is 5.64. The highest BCUT2D eigenvalue weighted by Crippen LogP contribution is 2.31. The molecule has 0 amide bonds. The Balaban J connectivity index is 1.62. The predicted octanol–water partition coefficient (Wildman–Crippen LogP) is 2.64.